The molecule has 1 saturated heterocycles. The summed E-state index contributed by atoms with van der Waals surface area (Å²) in [5, 5.41) is 7.16. The number of piperidine rings is 1. The third-order valence-corrected chi connectivity index (χ3v) is 3.59. The summed E-state index contributed by atoms with van der Waals surface area (Å²) in [4.78, 5) is 0. The van der Waals surface area contributed by atoms with E-state index in [2.05, 4.69) is 17.1 Å². The Kier molecular flexibility index (Phi) is 4.26. The van der Waals surface area contributed by atoms with Crippen LogP contribution >= 0.6 is 0 Å². The van der Waals surface area contributed by atoms with Crippen molar-refractivity contribution in [3.8, 4) is 0 Å². The maximum Gasteiger partial charge on any atom is 0.00673 e. The maximum atomic E-state index is 3.74. The Morgan fingerprint density at radius 2 is 1.79 bits per heavy atom. The molecule has 2 rings (SSSR count). The normalized spacial score (nSPS) is 26.6. The van der Waals surface area contributed by atoms with Crippen molar-refractivity contribution in [2.75, 3.05) is 19.6 Å². The maximum absolute atomic E-state index is 3.74. The molecule has 1 saturated carbocycles. The Hall–Kier alpha value is -0.0800. The molecule has 1 heterocycles. The number of nitrogens with one attached hydrogen (secondary N) is 2. The van der Waals surface area contributed by atoms with Crippen molar-refractivity contribution in [3.05, 3.63) is 6.42 Å². The Bertz CT molecular complexity index is 128. The molecule has 0 unspecified atom stereocenters. The monoisotopic (exact) mass is 195 g/mol. The van der Waals surface area contributed by atoms with E-state index in [9.17, 15) is 0 Å². The average Bonchev–Trinajstić information content (AvgIpc) is 2.29. The van der Waals surface area contributed by atoms with Gasteiger partial charge in [-0.2, -0.15) is 0 Å². The first-order valence-electron chi connectivity index (χ1n) is 6.21. The summed E-state index contributed by atoms with van der Waals surface area (Å²) in [5.74, 6) is 0.933. The molecular formula is C12H23N2. The fraction of sp³-hybridized carbons (Fsp3) is 0.917. The molecule has 2 aliphatic rings. The van der Waals surface area contributed by atoms with Crippen LogP contribution in [-0.4, -0.2) is 25.7 Å². The van der Waals surface area contributed by atoms with Gasteiger partial charge < -0.3 is 10.6 Å². The summed E-state index contributed by atoms with van der Waals surface area (Å²) in [6, 6.07) is 0.815. The highest BCUT2D eigenvalue weighted by Crippen LogP contribution is 2.17. The predicted molar refractivity (Wildman–Crippen MR) is 60.2 cm³/mol. The van der Waals surface area contributed by atoms with Crippen molar-refractivity contribution in [3.63, 3.8) is 0 Å². The van der Waals surface area contributed by atoms with E-state index in [1.54, 1.807) is 0 Å². The first kappa shape index (κ1) is 10.4. The van der Waals surface area contributed by atoms with Gasteiger partial charge in [-0.25, -0.2) is 0 Å². The molecule has 0 aromatic carbocycles. The van der Waals surface area contributed by atoms with Crippen LogP contribution in [0.15, 0.2) is 0 Å². The summed E-state index contributed by atoms with van der Waals surface area (Å²) in [5.41, 5.74) is 0. The second-order valence-electron chi connectivity index (χ2n) is 4.74. The molecule has 0 aromatic heterocycles. The molecule has 0 amide bonds. The van der Waals surface area contributed by atoms with Crippen LogP contribution < -0.4 is 10.6 Å². The third kappa shape index (κ3) is 3.25. The summed E-state index contributed by atoms with van der Waals surface area (Å²) in [6.07, 6.45) is 10.5. The Balaban J connectivity index is 1.60. The zero-order valence-corrected chi connectivity index (χ0v) is 9.10. The van der Waals surface area contributed by atoms with E-state index < -0.39 is 0 Å². The van der Waals surface area contributed by atoms with Crippen LogP contribution in [0.3, 0.4) is 0 Å². The van der Waals surface area contributed by atoms with Crippen LogP contribution in [-0.2, 0) is 0 Å². The van der Waals surface area contributed by atoms with Crippen LogP contribution in [0.5, 0.6) is 0 Å². The van der Waals surface area contributed by atoms with Gasteiger partial charge in [-0.3, -0.25) is 0 Å². The summed E-state index contributed by atoms with van der Waals surface area (Å²) >= 11 is 0. The summed E-state index contributed by atoms with van der Waals surface area (Å²) in [7, 11) is 0. The van der Waals surface area contributed by atoms with E-state index in [4.69, 9.17) is 0 Å². The topological polar surface area (TPSA) is 24.1 Å². The van der Waals surface area contributed by atoms with Gasteiger partial charge in [0, 0.05) is 6.04 Å². The first-order valence-corrected chi connectivity index (χ1v) is 6.21. The van der Waals surface area contributed by atoms with Gasteiger partial charge in [0.05, 0.1) is 0 Å². The van der Waals surface area contributed by atoms with Crippen molar-refractivity contribution in [1.82, 2.24) is 10.6 Å². The quantitative estimate of drug-likeness (QED) is 0.716. The minimum Gasteiger partial charge on any atom is -0.317 e. The summed E-state index contributed by atoms with van der Waals surface area (Å²) in [6.45, 7) is 3.71. The van der Waals surface area contributed by atoms with Crippen LogP contribution in [0.25, 0.3) is 0 Å². The second kappa shape index (κ2) is 5.72. The molecule has 2 fully saturated rings. The van der Waals surface area contributed by atoms with Crippen molar-refractivity contribution in [2.45, 2.75) is 44.6 Å². The molecule has 0 atom stereocenters. The lowest BCUT2D eigenvalue weighted by atomic mass is 9.93. The zero-order valence-electron chi connectivity index (χ0n) is 9.10. The van der Waals surface area contributed by atoms with Crippen LogP contribution in [0.4, 0.5) is 0 Å². The van der Waals surface area contributed by atoms with Gasteiger partial charge in [0.25, 0.3) is 0 Å². The lowest BCUT2D eigenvalue weighted by Gasteiger charge is -2.27. The molecule has 0 spiro atoms. The van der Waals surface area contributed by atoms with Crippen molar-refractivity contribution >= 4 is 0 Å². The van der Waals surface area contributed by atoms with Crippen molar-refractivity contribution in [2.24, 2.45) is 5.92 Å². The van der Waals surface area contributed by atoms with Gasteiger partial charge in [-0.05, 0) is 70.5 Å². The molecule has 14 heavy (non-hydrogen) atoms. The molecular weight excluding hydrogens is 172 g/mol. The molecule has 1 radical (unpaired) electrons. The minimum atomic E-state index is 0.815. The van der Waals surface area contributed by atoms with E-state index in [0.717, 1.165) is 12.0 Å². The molecule has 2 N–H and O–H groups in total. The lowest BCUT2D eigenvalue weighted by molar-refractivity contribution is 0.320. The molecule has 1 aliphatic heterocycles. The molecule has 0 aromatic rings. The van der Waals surface area contributed by atoms with Gasteiger partial charge in [-0.15, -0.1) is 0 Å². The number of hydrogen-bond donors (Lipinski definition) is 2. The van der Waals surface area contributed by atoms with E-state index in [0.29, 0.717) is 0 Å². The highest BCUT2D eigenvalue weighted by atomic mass is 14.9. The van der Waals surface area contributed by atoms with Crippen LogP contribution in [0.2, 0.25) is 0 Å². The Morgan fingerprint density at radius 1 is 1.07 bits per heavy atom. The Labute approximate surface area is 87.8 Å². The molecule has 81 valence electrons. The molecule has 2 nitrogen and oxygen atoms in total. The molecule has 0 bridgehead atoms. The van der Waals surface area contributed by atoms with E-state index >= 15 is 0 Å². The highest BCUT2D eigenvalue weighted by Gasteiger charge is 2.16. The van der Waals surface area contributed by atoms with Gasteiger partial charge in [0.1, 0.15) is 0 Å². The van der Waals surface area contributed by atoms with E-state index in [1.807, 2.05) is 0 Å². The first-order chi connectivity index (χ1) is 6.95. The smallest absolute Gasteiger partial charge is 0.00673 e. The van der Waals surface area contributed by atoms with Crippen molar-refractivity contribution in [1.29, 1.82) is 0 Å². The highest BCUT2D eigenvalue weighted by molar-refractivity contribution is 4.82. The largest absolute Gasteiger partial charge is 0.317 e. The van der Waals surface area contributed by atoms with Gasteiger partial charge in [0.15, 0.2) is 0 Å². The minimum absolute atomic E-state index is 0.815. The SMILES string of the molecule is [CH]1CCC(NCC2CCNCC2)CC1. The number of hydrogen-bond acceptors (Lipinski definition) is 2. The van der Waals surface area contributed by atoms with Crippen LogP contribution in [0.1, 0.15) is 38.5 Å². The fourth-order valence-corrected chi connectivity index (χ4v) is 2.55. The van der Waals surface area contributed by atoms with Crippen molar-refractivity contribution < 1.29 is 0 Å². The predicted octanol–water partition coefficient (Wildman–Crippen LogP) is 1.72. The zero-order chi connectivity index (χ0) is 9.64. The second-order valence-corrected chi connectivity index (χ2v) is 4.74. The average molecular weight is 195 g/mol. The van der Waals surface area contributed by atoms with E-state index in [-0.39, 0.29) is 0 Å². The van der Waals surface area contributed by atoms with Gasteiger partial charge in [-0.1, -0.05) is 0 Å². The number of rotatable bonds is 3. The molecule has 2 heteroatoms. The Morgan fingerprint density at radius 3 is 2.50 bits per heavy atom. The fourth-order valence-electron chi connectivity index (χ4n) is 2.55. The molecule has 1 aliphatic carbocycles. The van der Waals surface area contributed by atoms with Gasteiger partial charge >= 0.3 is 0 Å². The van der Waals surface area contributed by atoms with Crippen LogP contribution in [0, 0.1) is 12.3 Å². The standard InChI is InChI=1S/C12H23N2/c1-2-4-12(5-3-1)14-10-11-6-8-13-9-7-11/h1,11-14H,2-10H2. The van der Waals surface area contributed by atoms with E-state index in [1.165, 1.54) is 58.2 Å². The van der Waals surface area contributed by atoms with Gasteiger partial charge in [0.2, 0.25) is 0 Å². The third-order valence-electron chi connectivity index (χ3n) is 3.59. The lowest BCUT2D eigenvalue weighted by Crippen LogP contribution is -2.38. The summed E-state index contributed by atoms with van der Waals surface area (Å²) < 4.78 is 0.